The summed E-state index contributed by atoms with van der Waals surface area (Å²) in [6, 6.07) is 8.66. The van der Waals surface area contributed by atoms with Gasteiger partial charge in [-0.2, -0.15) is 13.2 Å². The van der Waals surface area contributed by atoms with E-state index in [9.17, 15) is 22.4 Å². The Balaban J connectivity index is 1.25. The van der Waals surface area contributed by atoms with Crippen molar-refractivity contribution in [2.24, 2.45) is 0 Å². The molecule has 5 nitrogen and oxygen atoms in total. The Morgan fingerprint density at radius 2 is 1.78 bits per heavy atom. The number of carbonyl (C=O) groups excluding carboxylic acids is 1. The quantitative estimate of drug-likeness (QED) is 0.557. The minimum atomic E-state index is -4.59. The van der Waals surface area contributed by atoms with E-state index >= 15 is 0 Å². The van der Waals surface area contributed by atoms with Crippen molar-refractivity contribution in [3.8, 4) is 0 Å². The number of nitrogens with zero attached hydrogens (tertiary/aromatic N) is 3. The van der Waals surface area contributed by atoms with Gasteiger partial charge in [0.15, 0.2) is 0 Å². The molecule has 2 aromatic rings. The van der Waals surface area contributed by atoms with E-state index < -0.39 is 17.6 Å². The predicted molar refractivity (Wildman–Crippen MR) is 127 cm³/mol. The molecule has 1 unspecified atom stereocenters. The number of likely N-dealkylation sites (tertiary alicyclic amines) is 1. The van der Waals surface area contributed by atoms with Gasteiger partial charge in [-0.15, -0.1) is 0 Å². The summed E-state index contributed by atoms with van der Waals surface area (Å²) in [6.45, 7) is 10.5. The maximum atomic E-state index is 13.8. The molecule has 0 N–H and O–H groups in total. The second-order valence-corrected chi connectivity index (χ2v) is 11.0. The summed E-state index contributed by atoms with van der Waals surface area (Å²) in [4.78, 5) is 19.3. The lowest BCUT2D eigenvalue weighted by molar-refractivity contribution is -0.137. The van der Waals surface area contributed by atoms with E-state index in [1.165, 1.54) is 0 Å². The van der Waals surface area contributed by atoms with Crippen LogP contribution in [0, 0.1) is 5.82 Å². The zero-order valence-corrected chi connectivity index (χ0v) is 20.7. The van der Waals surface area contributed by atoms with Gasteiger partial charge in [0.25, 0.3) is 5.91 Å². The number of fused-ring (bicyclic) bond motifs is 1. The fourth-order valence-corrected chi connectivity index (χ4v) is 5.27. The molecule has 5 rings (SSSR count). The number of ether oxygens (including phenoxy) is 1. The summed E-state index contributed by atoms with van der Waals surface area (Å²) < 4.78 is 59.1. The Morgan fingerprint density at radius 3 is 2.47 bits per heavy atom. The van der Waals surface area contributed by atoms with E-state index in [0.717, 1.165) is 41.9 Å². The fraction of sp³-hybridized carbons (Fsp3) is 0.519. The van der Waals surface area contributed by atoms with Gasteiger partial charge in [0.05, 0.1) is 24.3 Å². The number of hydrogen-bond donors (Lipinski definition) is 0. The van der Waals surface area contributed by atoms with Crippen LogP contribution in [0.1, 0.15) is 59.5 Å². The summed E-state index contributed by atoms with van der Waals surface area (Å²) >= 11 is 0. The highest BCUT2D eigenvalue weighted by Gasteiger charge is 2.42. The van der Waals surface area contributed by atoms with Gasteiger partial charge in [-0.25, -0.2) is 4.39 Å². The van der Waals surface area contributed by atoms with Crippen LogP contribution in [0.5, 0.6) is 0 Å². The molecule has 36 heavy (non-hydrogen) atoms. The Labute approximate surface area is 208 Å². The van der Waals surface area contributed by atoms with Crippen molar-refractivity contribution in [3.63, 3.8) is 0 Å². The lowest BCUT2D eigenvalue weighted by atomic mass is 9.97. The Hall–Kier alpha value is -2.49. The third-order valence-electron chi connectivity index (χ3n) is 7.43. The maximum Gasteiger partial charge on any atom is 0.416 e. The summed E-state index contributed by atoms with van der Waals surface area (Å²) in [7, 11) is 0. The van der Waals surface area contributed by atoms with Crippen LogP contribution >= 0.6 is 0 Å². The summed E-state index contributed by atoms with van der Waals surface area (Å²) in [6.07, 6.45) is -4.87. The van der Waals surface area contributed by atoms with Crippen LogP contribution < -0.4 is 0 Å². The molecule has 0 spiro atoms. The monoisotopic (exact) mass is 505 g/mol. The normalized spacial score (nSPS) is 22.1. The lowest BCUT2D eigenvalue weighted by Gasteiger charge is -2.50. The van der Waals surface area contributed by atoms with E-state index in [2.05, 4.69) is 25.7 Å². The number of rotatable bonds is 4. The van der Waals surface area contributed by atoms with E-state index in [1.54, 1.807) is 0 Å². The first kappa shape index (κ1) is 25.2. The zero-order valence-electron chi connectivity index (χ0n) is 20.7. The first-order chi connectivity index (χ1) is 16.9. The van der Waals surface area contributed by atoms with Gasteiger partial charge in [-0.3, -0.25) is 14.6 Å². The fourth-order valence-electron chi connectivity index (χ4n) is 5.27. The number of hydrogen-bond acceptors (Lipinski definition) is 4. The van der Waals surface area contributed by atoms with Gasteiger partial charge in [0.2, 0.25) is 0 Å². The molecule has 3 aliphatic rings. The predicted octanol–water partition coefficient (Wildman–Crippen LogP) is 4.86. The molecule has 0 aromatic heterocycles. The first-order valence-electron chi connectivity index (χ1n) is 12.3. The maximum absolute atomic E-state index is 13.8. The molecular weight excluding hydrogens is 474 g/mol. The van der Waals surface area contributed by atoms with Crippen LogP contribution in [0.4, 0.5) is 17.6 Å². The molecule has 3 heterocycles. The summed E-state index contributed by atoms with van der Waals surface area (Å²) in [5.74, 6) is -0.831. The molecule has 0 saturated carbocycles. The van der Waals surface area contributed by atoms with Gasteiger partial charge in [0.1, 0.15) is 5.82 Å². The molecule has 0 bridgehead atoms. The van der Waals surface area contributed by atoms with Crippen LogP contribution in [0.3, 0.4) is 0 Å². The van der Waals surface area contributed by atoms with Crippen LogP contribution in [-0.2, 0) is 24.0 Å². The number of amides is 1. The molecule has 3 aliphatic heterocycles. The number of halogens is 4. The number of alkyl halides is 3. The third kappa shape index (κ3) is 5.01. The van der Waals surface area contributed by atoms with E-state index in [4.69, 9.17) is 4.74 Å². The van der Waals surface area contributed by atoms with E-state index in [1.807, 2.05) is 28.0 Å². The molecule has 0 aliphatic carbocycles. The van der Waals surface area contributed by atoms with E-state index in [-0.39, 0.29) is 35.7 Å². The van der Waals surface area contributed by atoms with E-state index in [0.29, 0.717) is 32.3 Å². The molecule has 0 radical (unpaired) electrons. The van der Waals surface area contributed by atoms with Gasteiger partial charge < -0.3 is 9.64 Å². The van der Waals surface area contributed by atoms with Crippen LogP contribution in [0.2, 0.25) is 0 Å². The minimum absolute atomic E-state index is 0.0628. The molecule has 194 valence electrons. The largest absolute Gasteiger partial charge is 0.416 e. The average Bonchev–Trinajstić information content (AvgIpc) is 3.06. The number of morpholine rings is 1. The van der Waals surface area contributed by atoms with Gasteiger partial charge >= 0.3 is 6.18 Å². The topological polar surface area (TPSA) is 36.0 Å². The smallest absolute Gasteiger partial charge is 0.371 e. The summed E-state index contributed by atoms with van der Waals surface area (Å²) in [5.41, 5.74) is 2.03. The zero-order chi connectivity index (χ0) is 25.8. The first-order valence-corrected chi connectivity index (χ1v) is 12.3. The molecule has 9 heteroatoms. The molecule has 1 amide bonds. The van der Waals surface area contributed by atoms with Crippen molar-refractivity contribution in [2.45, 2.75) is 57.7 Å². The van der Waals surface area contributed by atoms with Crippen LogP contribution in [0.15, 0.2) is 36.4 Å². The van der Waals surface area contributed by atoms with Crippen molar-refractivity contribution in [1.82, 2.24) is 14.7 Å². The van der Waals surface area contributed by atoms with Gasteiger partial charge in [-0.1, -0.05) is 12.1 Å². The second-order valence-electron chi connectivity index (χ2n) is 11.0. The van der Waals surface area contributed by atoms with Crippen molar-refractivity contribution >= 4 is 5.91 Å². The van der Waals surface area contributed by atoms with Crippen LogP contribution in [0.25, 0.3) is 0 Å². The molecule has 2 saturated heterocycles. The number of carbonyl (C=O) groups is 1. The highest BCUT2D eigenvalue weighted by atomic mass is 19.4. The SMILES string of the molecule is CC(C)(C)N1CC(N2Cc3cc(C4CN(Cc5cc(F)cc(C(F)(F)F)c5)CCO4)ccc3C2=O)C1. The Morgan fingerprint density at radius 1 is 1.03 bits per heavy atom. The minimum Gasteiger partial charge on any atom is -0.371 e. The molecule has 1 atom stereocenters. The Kier molecular flexibility index (Phi) is 6.37. The van der Waals surface area contributed by atoms with Crippen molar-refractivity contribution in [2.75, 3.05) is 32.8 Å². The lowest BCUT2D eigenvalue weighted by Crippen LogP contribution is -2.64. The number of benzene rings is 2. The highest BCUT2D eigenvalue weighted by molar-refractivity contribution is 5.98. The second kappa shape index (κ2) is 9.11. The average molecular weight is 506 g/mol. The van der Waals surface area contributed by atoms with Crippen molar-refractivity contribution in [1.29, 1.82) is 0 Å². The van der Waals surface area contributed by atoms with Gasteiger partial charge in [-0.05, 0) is 61.7 Å². The van der Waals surface area contributed by atoms with Gasteiger partial charge in [0, 0.05) is 50.4 Å². The molecule has 2 fully saturated rings. The molecule has 2 aromatic carbocycles. The third-order valence-corrected chi connectivity index (χ3v) is 7.43. The van der Waals surface area contributed by atoms with Crippen molar-refractivity contribution in [3.05, 3.63) is 70.0 Å². The standard InChI is InChI=1S/C27H31F4N3O2/c1-26(2,3)33-14-22(15-33)34-13-19-10-18(4-5-23(19)25(34)35)24-16-32(6-7-36-24)12-17-8-20(27(29,30)31)11-21(28)9-17/h4-5,8-11,22,24H,6-7,12-16H2,1-3H3. The van der Waals surface area contributed by atoms with Crippen LogP contribution in [-0.4, -0.2) is 65.0 Å². The Bertz CT molecular complexity index is 1150. The molecular formula is C27H31F4N3O2. The summed E-state index contributed by atoms with van der Waals surface area (Å²) in [5, 5.41) is 0. The highest BCUT2D eigenvalue weighted by Crippen LogP contribution is 2.34. The van der Waals surface area contributed by atoms with Crippen molar-refractivity contribution < 1.29 is 27.1 Å².